The summed E-state index contributed by atoms with van der Waals surface area (Å²) >= 11 is 5.86. The summed E-state index contributed by atoms with van der Waals surface area (Å²) in [6, 6.07) is 14.2. The van der Waals surface area contributed by atoms with Gasteiger partial charge in [-0.3, -0.25) is 0 Å². The normalized spacial score (nSPS) is 11.5. The first-order valence-electron chi connectivity index (χ1n) is 6.65. The Bertz CT molecular complexity index is 615. The molecule has 2 nitrogen and oxygen atoms in total. The SMILES string of the molecule is C/C(=N/NCc1ccc(Cl)cc1)c1ccc(C)cc1C. The second-order valence-corrected chi connectivity index (χ2v) is 5.41. The highest BCUT2D eigenvalue weighted by Crippen LogP contribution is 2.12. The van der Waals surface area contributed by atoms with Crippen LogP contribution in [0, 0.1) is 13.8 Å². The van der Waals surface area contributed by atoms with Crippen molar-refractivity contribution in [3.05, 3.63) is 69.7 Å². The van der Waals surface area contributed by atoms with E-state index >= 15 is 0 Å². The van der Waals surface area contributed by atoms with Crippen molar-refractivity contribution in [1.29, 1.82) is 0 Å². The van der Waals surface area contributed by atoms with Gasteiger partial charge in [-0.1, -0.05) is 47.5 Å². The summed E-state index contributed by atoms with van der Waals surface area (Å²) in [4.78, 5) is 0. The third-order valence-corrected chi connectivity index (χ3v) is 3.47. The van der Waals surface area contributed by atoms with Crippen molar-refractivity contribution >= 4 is 17.3 Å². The fourth-order valence-electron chi connectivity index (χ4n) is 2.13. The Morgan fingerprint density at radius 1 is 1.10 bits per heavy atom. The average Bonchev–Trinajstić information content (AvgIpc) is 2.41. The molecule has 0 saturated heterocycles. The first-order chi connectivity index (χ1) is 9.56. The predicted octanol–water partition coefficient (Wildman–Crippen LogP) is 4.47. The maximum absolute atomic E-state index is 5.86. The summed E-state index contributed by atoms with van der Waals surface area (Å²) in [6.45, 7) is 6.93. The van der Waals surface area contributed by atoms with E-state index in [0.29, 0.717) is 6.54 Å². The molecule has 0 bridgehead atoms. The summed E-state index contributed by atoms with van der Waals surface area (Å²) in [5, 5.41) is 5.19. The number of hydrogen-bond acceptors (Lipinski definition) is 2. The van der Waals surface area contributed by atoms with Gasteiger partial charge in [0.15, 0.2) is 0 Å². The molecule has 104 valence electrons. The molecule has 0 spiro atoms. The second-order valence-electron chi connectivity index (χ2n) is 4.98. The molecule has 0 fully saturated rings. The van der Waals surface area contributed by atoms with Gasteiger partial charge in [-0.15, -0.1) is 0 Å². The maximum Gasteiger partial charge on any atom is 0.0647 e. The van der Waals surface area contributed by atoms with E-state index in [0.717, 1.165) is 16.3 Å². The van der Waals surface area contributed by atoms with Crippen molar-refractivity contribution in [3.63, 3.8) is 0 Å². The van der Waals surface area contributed by atoms with Gasteiger partial charge in [0.05, 0.1) is 12.3 Å². The van der Waals surface area contributed by atoms with Crippen molar-refractivity contribution in [2.75, 3.05) is 0 Å². The Hall–Kier alpha value is -1.80. The van der Waals surface area contributed by atoms with Crippen LogP contribution in [0.1, 0.15) is 29.2 Å². The van der Waals surface area contributed by atoms with Gasteiger partial charge in [-0.25, -0.2) is 0 Å². The van der Waals surface area contributed by atoms with E-state index in [2.05, 4.69) is 42.6 Å². The smallest absolute Gasteiger partial charge is 0.0647 e. The highest BCUT2D eigenvalue weighted by Gasteiger charge is 2.02. The summed E-state index contributed by atoms with van der Waals surface area (Å²) in [6.07, 6.45) is 0. The Kier molecular flexibility index (Phi) is 4.80. The molecule has 2 aromatic rings. The Morgan fingerprint density at radius 2 is 1.80 bits per heavy atom. The minimum Gasteiger partial charge on any atom is -0.305 e. The fraction of sp³-hybridized carbons (Fsp3) is 0.235. The van der Waals surface area contributed by atoms with Crippen LogP contribution in [0.3, 0.4) is 0 Å². The number of nitrogens with zero attached hydrogens (tertiary/aromatic N) is 1. The first-order valence-corrected chi connectivity index (χ1v) is 7.03. The largest absolute Gasteiger partial charge is 0.305 e. The van der Waals surface area contributed by atoms with Crippen LogP contribution in [-0.4, -0.2) is 5.71 Å². The van der Waals surface area contributed by atoms with E-state index < -0.39 is 0 Å². The summed E-state index contributed by atoms with van der Waals surface area (Å²) in [5.74, 6) is 0. The number of hydrogen-bond donors (Lipinski definition) is 1. The average molecular weight is 287 g/mol. The van der Waals surface area contributed by atoms with E-state index in [9.17, 15) is 0 Å². The number of aryl methyl sites for hydroxylation is 2. The van der Waals surface area contributed by atoms with Gasteiger partial charge < -0.3 is 5.43 Å². The zero-order valence-electron chi connectivity index (χ0n) is 12.1. The van der Waals surface area contributed by atoms with Gasteiger partial charge in [-0.2, -0.15) is 5.10 Å². The van der Waals surface area contributed by atoms with Crippen LogP contribution in [-0.2, 0) is 6.54 Å². The highest BCUT2D eigenvalue weighted by molar-refractivity contribution is 6.30. The number of rotatable bonds is 4. The topological polar surface area (TPSA) is 24.4 Å². The van der Waals surface area contributed by atoms with Crippen LogP contribution in [0.15, 0.2) is 47.6 Å². The highest BCUT2D eigenvalue weighted by atomic mass is 35.5. The summed E-state index contributed by atoms with van der Waals surface area (Å²) in [5.41, 5.74) is 8.96. The van der Waals surface area contributed by atoms with Crippen molar-refractivity contribution in [1.82, 2.24) is 5.43 Å². The van der Waals surface area contributed by atoms with Crippen molar-refractivity contribution in [2.45, 2.75) is 27.3 Å². The van der Waals surface area contributed by atoms with Gasteiger partial charge in [0.1, 0.15) is 0 Å². The lowest BCUT2D eigenvalue weighted by Gasteiger charge is -2.07. The molecule has 0 unspecified atom stereocenters. The van der Waals surface area contributed by atoms with Crippen molar-refractivity contribution < 1.29 is 0 Å². The number of hydrazone groups is 1. The van der Waals surface area contributed by atoms with Gasteiger partial charge in [-0.05, 0) is 44.0 Å². The second kappa shape index (κ2) is 6.58. The van der Waals surface area contributed by atoms with Crippen LogP contribution in [0.2, 0.25) is 5.02 Å². The molecule has 0 amide bonds. The monoisotopic (exact) mass is 286 g/mol. The molecule has 0 aromatic heterocycles. The summed E-state index contributed by atoms with van der Waals surface area (Å²) in [7, 11) is 0. The molecule has 1 N–H and O–H groups in total. The molecule has 3 heteroatoms. The Balaban J connectivity index is 2.02. The van der Waals surface area contributed by atoms with Gasteiger partial charge in [0, 0.05) is 10.6 Å². The molecule has 0 heterocycles. The Labute approximate surface area is 125 Å². The van der Waals surface area contributed by atoms with Crippen molar-refractivity contribution in [2.24, 2.45) is 5.10 Å². The maximum atomic E-state index is 5.86. The third-order valence-electron chi connectivity index (χ3n) is 3.21. The van der Waals surface area contributed by atoms with Crippen LogP contribution in [0.25, 0.3) is 0 Å². The lowest BCUT2D eigenvalue weighted by atomic mass is 10.0. The fourth-order valence-corrected chi connectivity index (χ4v) is 2.26. The molecule has 0 saturated carbocycles. The summed E-state index contributed by atoms with van der Waals surface area (Å²) < 4.78 is 0. The molecule has 0 atom stereocenters. The zero-order chi connectivity index (χ0) is 14.5. The minimum atomic E-state index is 0.694. The lowest BCUT2D eigenvalue weighted by Crippen LogP contribution is -2.10. The van der Waals surface area contributed by atoms with Gasteiger partial charge in [0.25, 0.3) is 0 Å². The molecule has 2 aromatic carbocycles. The van der Waals surface area contributed by atoms with E-state index in [1.54, 1.807) is 0 Å². The number of halogens is 1. The molecular formula is C17H19ClN2. The molecule has 0 aliphatic heterocycles. The lowest BCUT2D eigenvalue weighted by molar-refractivity contribution is 0.743. The van der Waals surface area contributed by atoms with Gasteiger partial charge in [0.2, 0.25) is 0 Å². The predicted molar refractivity (Wildman–Crippen MR) is 86.4 cm³/mol. The molecule has 0 aliphatic rings. The van der Waals surface area contributed by atoms with E-state index in [1.165, 1.54) is 16.7 Å². The standard InChI is InChI=1S/C17H19ClN2/c1-12-4-9-17(13(2)10-12)14(3)20-19-11-15-5-7-16(18)8-6-15/h4-10,19H,11H2,1-3H3/b20-14-. The van der Waals surface area contributed by atoms with E-state index in [4.69, 9.17) is 11.6 Å². The molecule has 20 heavy (non-hydrogen) atoms. The molecule has 0 radical (unpaired) electrons. The van der Waals surface area contributed by atoms with E-state index in [1.807, 2.05) is 31.2 Å². The van der Waals surface area contributed by atoms with Gasteiger partial charge >= 0.3 is 0 Å². The molecule has 0 aliphatic carbocycles. The van der Waals surface area contributed by atoms with Crippen molar-refractivity contribution in [3.8, 4) is 0 Å². The molecular weight excluding hydrogens is 268 g/mol. The number of nitrogens with one attached hydrogen (secondary N) is 1. The van der Waals surface area contributed by atoms with Crippen LogP contribution in [0.5, 0.6) is 0 Å². The third kappa shape index (κ3) is 3.84. The van der Waals surface area contributed by atoms with Crippen LogP contribution < -0.4 is 5.43 Å². The number of benzene rings is 2. The first kappa shape index (κ1) is 14.6. The molecule has 2 rings (SSSR count). The van der Waals surface area contributed by atoms with Crippen LogP contribution >= 0.6 is 11.6 Å². The quantitative estimate of drug-likeness (QED) is 0.651. The van der Waals surface area contributed by atoms with E-state index in [-0.39, 0.29) is 0 Å². The minimum absolute atomic E-state index is 0.694. The van der Waals surface area contributed by atoms with Crippen LogP contribution in [0.4, 0.5) is 0 Å². The Morgan fingerprint density at radius 3 is 2.45 bits per heavy atom. The zero-order valence-corrected chi connectivity index (χ0v) is 12.8.